The number of nitrogens with zero attached hydrogens (tertiary/aromatic N) is 1. The van der Waals surface area contributed by atoms with Crippen LogP contribution in [0.3, 0.4) is 0 Å². The van der Waals surface area contributed by atoms with Crippen LogP contribution in [0, 0.1) is 5.92 Å². The Kier molecular flexibility index (Phi) is 4.63. The average Bonchev–Trinajstić information content (AvgIpc) is 2.41. The number of pyridine rings is 1. The van der Waals surface area contributed by atoms with Gasteiger partial charge in [0.1, 0.15) is 6.10 Å². The van der Waals surface area contributed by atoms with Crippen LogP contribution in [-0.4, -0.2) is 22.2 Å². The Bertz CT molecular complexity index is 485. The van der Waals surface area contributed by atoms with E-state index in [0.29, 0.717) is 11.8 Å². The van der Waals surface area contributed by atoms with Gasteiger partial charge in [-0.15, -0.1) is 0 Å². The normalized spacial score (nSPS) is 22.8. The Hall–Kier alpha value is -1.58. The lowest BCUT2D eigenvalue weighted by Gasteiger charge is -2.29. The summed E-state index contributed by atoms with van der Waals surface area (Å²) >= 11 is 0. The van der Waals surface area contributed by atoms with Crippen molar-refractivity contribution in [2.75, 3.05) is 0 Å². The lowest BCUT2D eigenvalue weighted by atomic mass is 9.88. The zero-order valence-electron chi connectivity index (χ0n) is 12.4. The summed E-state index contributed by atoms with van der Waals surface area (Å²) in [6.45, 7) is 6.19. The molecule has 110 valence electrons. The van der Waals surface area contributed by atoms with Gasteiger partial charge in [0.15, 0.2) is 0 Å². The van der Waals surface area contributed by atoms with E-state index in [4.69, 9.17) is 4.74 Å². The van der Waals surface area contributed by atoms with Crippen molar-refractivity contribution in [2.45, 2.75) is 58.5 Å². The number of rotatable bonds is 4. The molecule has 0 spiro atoms. The van der Waals surface area contributed by atoms with Crippen LogP contribution in [0.4, 0.5) is 0 Å². The summed E-state index contributed by atoms with van der Waals surface area (Å²) in [4.78, 5) is 15.7. The van der Waals surface area contributed by atoms with Crippen molar-refractivity contribution in [2.24, 2.45) is 5.92 Å². The molecule has 2 rings (SSSR count). The van der Waals surface area contributed by atoms with E-state index < -0.39 is 5.97 Å². The largest absolute Gasteiger partial charge is 0.478 e. The van der Waals surface area contributed by atoms with Crippen LogP contribution in [0.1, 0.15) is 68.4 Å². The highest BCUT2D eigenvalue weighted by molar-refractivity contribution is 5.88. The fourth-order valence-electron chi connectivity index (χ4n) is 2.62. The van der Waals surface area contributed by atoms with E-state index in [1.165, 1.54) is 25.3 Å². The maximum atomic E-state index is 11.2. The first kappa shape index (κ1) is 14.8. The number of ether oxygens (including phenoxy) is 1. The third-order valence-electron chi connectivity index (χ3n) is 3.97. The zero-order valence-corrected chi connectivity index (χ0v) is 12.4. The van der Waals surface area contributed by atoms with E-state index in [9.17, 15) is 9.90 Å². The molecule has 20 heavy (non-hydrogen) atoms. The van der Waals surface area contributed by atoms with Gasteiger partial charge in [-0.2, -0.15) is 0 Å². The molecule has 2 unspecified atom stereocenters. The number of carboxylic acids is 1. The molecule has 1 saturated carbocycles. The third kappa shape index (κ3) is 3.50. The van der Waals surface area contributed by atoms with Crippen LogP contribution in [0.15, 0.2) is 12.1 Å². The Morgan fingerprint density at radius 1 is 1.35 bits per heavy atom. The summed E-state index contributed by atoms with van der Waals surface area (Å²) < 4.78 is 5.97. The second-order valence-corrected chi connectivity index (χ2v) is 6.00. The van der Waals surface area contributed by atoms with Crippen molar-refractivity contribution in [1.82, 2.24) is 4.98 Å². The van der Waals surface area contributed by atoms with Crippen LogP contribution in [0.2, 0.25) is 0 Å². The summed E-state index contributed by atoms with van der Waals surface area (Å²) in [5.74, 6) is 0.199. The zero-order chi connectivity index (χ0) is 14.7. The van der Waals surface area contributed by atoms with Crippen LogP contribution in [-0.2, 0) is 0 Å². The molecule has 0 aromatic carbocycles. The van der Waals surface area contributed by atoms with Gasteiger partial charge in [-0.3, -0.25) is 0 Å². The van der Waals surface area contributed by atoms with Crippen molar-refractivity contribution in [1.29, 1.82) is 0 Å². The number of carboxylic acid groups (broad SMARTS) is 1. The molecule has 1 aliphatic carbocycles. The van der Waals surface area contributed by atoms with Crippen LogP contribution in [0.25, 0.3) is 0 Å². The maximum absolute atomic E-state index is 11.2. The second-order valence-electron chi connectivity index (χ2n) is 6.00. The molecule has 4 nitrogen and oxygen atoms in total. The summed E-state index contributed by atoms with van der Waals surface area (Å²) in [5, 5.41) is 9.19. The Labute approximate surface area is 120 Å². The molecule has 4 heteroatoms. The minimum atomic E-state index is -0.934. The van der Waals surface area contributed by atoms with Crippen LogP contribution in [0.5, 0.6) is 5.88 Å². The molecule has 1 aromatic heterocycles. The molecule has 2 atom stereocenters. The van der Waals surface area contributed by atoms with Gasteiger partial charge in [-0.05, 0) is 37.2 Å². The Morgan fingerprint density at radius 2 is 2.05 bits per heavy atom. The highest BCUT2D eigenvalue weighted by atomic mass is 16.5. The smallest absolute Gasteiger partial charge is 0.335 e. The molecule has 0 bridgehead atoms. The van der Waals surface area contributed by atoms with Gasteiger partial charge in [0.05, 0.1) is 5.56 Å². The predicted octanol–water partition coefficient (Wildman–Crippen LogP) is 3.86. The second kappa shape index (κ2) is 6.25. The SMILES string of the molecule is CC(C)c1cc(C(=O)O)cc(OC2CCCCC2C)n1. The van der Waals surface area contributed by atoms with Crippen molar-refractivity contribution < 1.29 is 14.6 Å². The van der Waals surface area contributed by atoms with Gasteiger partial charge in [0.25, 0.3) is 0 Å². The van der Waals surface area contributed by atoms with E-state index in [0.717, 1.165) is 12.1 Å². The van der Waals surface area contributed by atoms with Gasteiger partial charge in [-0.1, -0.05) is 27.2 Å². The van der Waals surface area contributed by atoms with E-state index in [1.807, 2.05) is 13.8 Å². The van der Waals surface area contributed by atoms with Gasteiger partial charge in [0.2, 0.25) is 5.88 Å². The molecule has 1 heterocycles. The van der Waals surface area contributed by atoms with Crippen molar-refractivity contribution in [3.05, 3.63) is 23.4 Å². The fourth-order valence-corrected chi connectivity index (χ4v) is 2.62. The van der Waals surface area contributed by atoms with Crippen LogP contribution >= 0.6 is 0 Å². The minimum Gasteiger partial charge on any atom is -0.478 e. The van der Waals surface area contributed by atoms with Gasteiger partial charge >= 0.3 is 5.97 Å². The van der Waals surface area contributed by atoms with Crippen molar-refractivity contribution in [3.8, 4) is 5.88 Å². The highest BCUT2D eigenvalue weighted by Crippen LogP contribution is 2.28. The molecule has 0 amide bonds. The molecule has 1 aliphatic rings. The molecular weight excluding hydrogens is 254 g/mol. The van der Waals surface area contributed by atoms with E-state index >= 15 is 0 Å². The maximum Gasteiger partial charge on any atom is 0.335 e. The van der Waals surface area contributed by atoms with E-state index in [1.54, 1.807) is 6.07 Å². The monoisotopic (exact) mass is 277 g/mol. The average molecular weight is 277 g/mol. The van der Waals surface area contributed by atoms with Gasteiger partial charge in [0, 0.05) is 11.8 Å². The van der Waals surface area contributed by atoms with Crippen molar-refractivity contribution in [3.63, 3.8) is 0 Å². The molecular formula is C16H23NO3. The Balaban J connectivity index is 2.23. The van der Waals surface area contributed by atoms with Gasteiger partial charge < -0.3 is 9.84 Å². The molecule has 1 N–H and O–H groups in total. The molecule has 0 saturated heterocycles. The standard InChI is InChI=1S/C16H23NO3/c1-10(2)13-8-12(16(18)19)9-15(17-13)20-14-7-5-4-6-11(14)3/h8-11,14H,4-7H2,1-3H3,(H,18,19). The quantitative estimate of drug-likeness (QED) is 0.907. The number of aromatic carboxylic acids is 1. The third-order valence-corrected chi connectivity index (χ3v) is 3.97. The van der Waals surface area contributed by atoms with Gasteiger partial charge in [-0.25, -0.2) is 9.78 Å². The summed E-state index contributed by atoms with van der Waals surface area (Å²) in [5.41, 5.74) is 1.02. The molecule has 1 aromatic rings. The first-order valence-electron chi connectivity index (χ1n) is 7.39. The lowest BCUT2D eigenvalue weighted by Crippen LogP contribution is -2.28. The minimum absolute atomic E-state index is 0.153. The molecule has 0 radical (unpaired) electrons. The first-order chi connectivity index (χ1) is 9.47. The highest BCUT2D eigenvalue weighted by Gasteiger charge is 2.24. The molecule has 1 fully saturated rings. The summed E-state index contributed by atoms with van der Waals surface area (Å²) in [7, 11) is 0. The molecule has 0 aliphatic heterocycles. The van der Waals surface area contributed by atoms with Crippen LogP contribution < -0.4 is 4.74 Å². The van der Waals surface area contributed by atoms with E-state index in [2.05, 4.69) is 11.9 Å². The topological polar surface area (TPSA) is 59.4 Å². The number of hydrogen-bond acceptors (Lipinski definition) is 3. The summed E-state index contributed by atoms with van der Waals surface area (Å²) in [6, 6.07) is 3.17. The van der Waals surface area contributed by atoms with E-state index in [-0.39, 0.29) is 17.6 Å². The number of aromatic nitrogens is 1. The first-order valence-corrected chi connectivity index (χ1v) is 7.39. The predicted molar refractivity (Wildman–Crippen MR) is 77.3 cm³/mol. The van der Waals surface area contributed by atoms with Crippen molar-refractivity contribution >= 4 is 5.97 Å². The number of hydrogen-bond donors (Lipinski definition) is 1. The number of carbonyl (C=O) groups is 1. The summed E-state index contributed by atoms with van der Waals surface area (Å²) in [6.07, 6.45) is 4.77. The fraction of sp³-hybridized carbons (Fsp3) is 0.625. The Morgan fingerprint density at radius 3 is 2.65 bits per heavy atom. The lowest BCUT2D eigenvalue weighted by molar-refractivity contribution is 0.0692.